The SMILES string of the molecule is Cc1ccc(C(=O)[C@@H](C)OC(=O)c2cc(-c3ccc(Cl)cc3)nc3ccc(Cl)cc23)cc1. The number of fused-ring (bicyclic) bond motifs is 1. The van der Waals surface area contributed by atoms with Crippen molar-refractivity contribution in [2.45, 2.75) is 20.0 Å². The van der Waals surface area contributed by atoms with Crippen molar-refractivity contribution < 1.29 is 14.3 Å². The first-order valence-corrected chi connectivity index (χ1v) is 10.8. The second-order valence-electron chi connectivity index (χ2n) is 7.50. The van der Waals surface area contributed by atoms with Gasteiger partial charge in [-0.3, -0.25) is 4.79 Å². The number of carbonyl (C=O) groups is 2. The molecular formula is C26H19Cl2NO3. The molecular weight excluding hydrogens is 445 g/mol. The molecule has 6 heteroatoms. The molecule has 4 nitrogen and oxygen atoms in total. The van der Waals surface area contributed by atoms with Crippen molar-refractivity contribution in [2.24, 2.45) is 0 Å². The van der Waals surface area contributed by atoms with Crippen molar-refractivity contribution in [1.29, 1.82) is 0 Å². The minimum absolute atomic E-state index is 0.271. The third-order valence-corrected chi connectivity index (χ3v) is 5.61. The maximum atomic E-state index is 13.1. The standard InChI is InChI=1S/C26H19Cl2NO3/c1-15-3-5-18(6-4-15)25(30)16(2)32-26(31)22-14-24(17-7-9-19(27)10-8-17)29-23-12-11-20(28)13-21(22)23/h3-14,16H,1-2H3/t16-/m1/s1. The molecule has 0 aliphatic carbocycles. The van der Waals surface area contributed by atoms with Crippen molar-refractivity contribution in [2.75, 3.05) is 0 Å². The monoisotopic (exact) mass is 463 g/mol. The summed E-state index contributed by atoms with van der Waals surface area (Å²) in [6, 6.07) is 21.1. The predicted molar refractivity (Wildman–Crippen MR) is 128 cm³/mol. The van der Waals surface area contributed by atoms with Crippen LogP contribution in [-0.2, 0) is 4.74 Å². The first-order chi connectivity index (χ1) is 15.3. The lowest BCUT2D eigenvalue weighted by Crippen LogP contribution is -2.24. The Morgan fingerprint density at radius 3 is 2.22 bits per heavy atom. The number of hydrogen-bond acceptors (Lipinski definition) is 4. The number of aryl methyl sites for hydroxylation is 1. The van der Waals surface area contributed by atoms with E-state index in [1.54, 1.807) is 55.5 Å². The van der Waals surface area contributed by atoms with Gasteiger partial charge < -0.3 is 4.74 Å². The molecule has 160 valence electrons. The van der Waals surface area contributed by atoms with E-state index in [1.807, 2.05) is 31.2 Å². The van der Waals surface area contributed by atoms with Gasteiger partial charge in [0.25, 0.3) is 0 Å². The van der Waals surface area contributed by atoms with Crippen molar-refractivity contribution in [3.63, 3.8) is 0 Å². The van der Waals surface area contributed by atoms with E-state index >= 15 is 0 Å². The zero-order valence-corrected chi connectivity index (χ0v) is 18.9. The summed E-state index contributed by atoms with van der Waals surface area (Å²) in [7, 11) is 0. The van der Waals surface area contributed by atoms with Gasteiger partial charge in [0.15, 0.2) is 6.10 Å². The summed E-state index contributed by atoms with van der Waals surface area (Å²) in [5, 5.41) is 1.62. The van der Waals surface area contributed by atoms with Crippen LogP contribution in [0.5, 0.6) is 0 Å². The maximum Gasteiger partial charge on any atom is 0.339 e. The Labute approximate surface area is 195 Å². The summed E-state index contributed by atoms with van der Waals surface area (Å²) in [4.78, 5) is 30.5. The van der Waals surface area contributed by atoms with Crippen LogP contribution in [-0.4, -0.2) is 22.8 Å². The zero-order valence-electron chi connectivity index (χ0n) is 17.4. The molecule has 1 atom stereocenters. The number of ether oxygens (including phenoxy) is 1. The average Bonchev–Trinajstić information content (AvgIpc) is 2.78. The number of halogens is 2. The van der Waals surface area contributed by atoms with Crippen molar-refractivity contribution in [3.8, 4) is 11.3 Å². The molecule has 32 heavy (non-hydrogen) atoms. The molecule has 0 N–H and O–H groups in total. The van der Waals surface area contributed by atoms with E-state index in [0.29, 0.717) is 32.2 Å². The van der Waals surface area contributed by atoms with Gasteiger partial charge in [0, 0.05) is 26.6 Å². The molecule has 0 bridgehead atoms. The van der Waals surface area contributed by atoms with E-state index in [4.69, 9.17) is 27.9 Å². The van der Waals surface area contributed by atoms with Gasteiger partial charge in [0.1, 0.15) is 0 Å². The Hall–Kier alpha value is -3.21. The van der Waals surface area contributed by atoms with E-state index < -0.39 is 12.1 Å². The van der Waals surface area contributed by atoms with Gasteiger partial charge in [0.2, 0.25) is 5.78 Å². The summed E-state index contributed by atoms with van der Waals surface area (Å²) in [5.74, 6) is -0.893. The van der Waals surface area contributed by atoms with E-state index in [-0.39, 0.29) is 11.3 Å². The average molecular weight is 464 g/mol. The van der Waals surface area contributed by atoms with Gasteiger partial charge in [-0.1, -0.05) is 65.2 Å². The number of benzene rings is 3. The molecule has 0 amide bonds. The normalized spacial score (nSPS) is 11.9. The van der Waals surface area contributed by atoms with Gasteiger partial charge in [-0.05, 0) is 50.2 Å². The first-order valence-electron chi connectivity index (χ1n) is 10.00. The minimum atomic E-state index is -0.952. The van der Waals surface area contributed by atoms with Crippen LogP contribution in [0.15, 0.2) is 72.8 Å². The number of carbonyl (C=O) groups excluding carboxylic acids is 2. The molecule has 0 aliphatic heterocycles. The van der Waals surface area contributed by atoms with Gasteiger partial charge in [-0.25, -0.2) is 9.78 Å². The number of rotatable bonds is 5. The summed E-state index contributed by atoms with van der Waals surface area (Å²) in [5.41, 5.74) is 3.78. The molecule has 1 aromatic heterocycles. The van der Waals surface area contributed by atoms with Gasteiger partial charge >= 0.3 is 5.97 Å². The summed E-state index contributed by atoms with van der Waals surface area (Å²) < 4.78 is 5.56. The number of esters is 1. The molecule has 0 aliphatic rings. The number of nitrogens with zero attached hydrogens (tertiary/aromatic N) is 1. The largest absolute Gasteiger partial charge is 0.451 e. The van der Waals surface area contributed by atoms with Crippen LogP contribution in [0.3, 0.4) is 0 Å². The Morgan fingerprint density at radius 2 is 1.53 bits per heavy atom. The number of Topliss-reactive ketones (excluding diaryl/α,β-unsaturated/α-hetero) is 1. The van der Waals surface area contributed by atoms with Crippen LogP contribution in [0, 0.1) is 6.92 Å². The predicted octanol–water partition coefficient (Wildman–Crippen LogP) is 6.95. The van der Waals surface area contributed by atoms with E-state index in [9.17, 15) is 9.59 Å². The van der Waals surface area contributed by atoms with Crippen LogP contribution in [0.4, 0.5) is 0 Å². The van der Waals surface area contributed by atoms with Crippen LogP contribution in [0.1, 0.15) is 33.2 Å². The van der Waals surface area contributed by atoms with E-state index in [1.165, 1.54) is 0 Å². The molecule has 0 fully saturated rings. The summed E-state index contributed by atoms with van der Waals surface area (Å²) >= 11 is 12.2. The van der Waals surface area contributed by atoms with Gasteiger partial charge in [-0.15, -0.1) is 0 Å². The maximum absolute atomic E-state index is 13.1. The third kappa shape index (κ3) is 4.67. The highest BCUT2D eigenvalue weighted by atomic mass is 35.5. The zero-order chi connectivity index (χ0) is 22.8. The Bertz CT molecular complexity index is 1320. The number of hydrogen-bond donors (Lipinski definition) is 0. The second-order valence-corrected chi connectivity index (χ2v) is 8.37. The lowest BCUT2D eigenvalue weighted by Gasteiger charge is -2.15. The van der Waals surface area contributed by atoms with Crippen LogP contribution in [0.2, 0.25) is 10.0 Å². The smallest absolute Gasteiger partial charge is 0.339 e. The highest BCUT2D eigenvalue weighted by Gasteiger charge is 2.23. The summed E-state index contributed by atoms with van der Waals surface area (Å²) in [6.45, 7) is 3.51. The Kier molecular flexibility index (Phi) is 6.26. The lowest BCUT2D eigenvalue weighted by molar-refractivity contribution is 0.0320. The van der Waals surface area contributed by atoms with E-state index in [0.717, 1.165) is 11.1 Å². The third-order valence-electron chi connectivity index (χ3n) is 5.12. The van der Waals surface area contributed by atoms with E-state index in [2.05, 4.69) is 4.98 Å². The van der Waals surface area contributed by atoms with Crippen LogP contribution >= 0.6 is 23.2 Å². The van der Waals surface area contributed by atoms with Gasteiger partial charge in [-0.2, -0.15) is 0 Å². The van der Waals surface area contributed by atoms with Crippen molar-refractivity contribution >= 4 is 45.9 Å². The highest BCUT2D eigenvalue weighted by molar-refractivity contribution is 6.31. The molecule has 0 unspecified atom stereocenters. The van der Waals surface area contributed by atoms with Gasteiger partial charge in [0.05, 0.1) is 16.8 Å². The fourth-order valence-corrected chi connectivity index (χ4v) is 3.66. The molecule has 1 heterocycles. The quantitative estimate of drug-likeness (QED) is 0.237. The Morgan fingerprint density at radius 1 is 0.875 bits per heavy atom. The molecule has 0 saturated carbocycles. The number of ketones is 1. The highest BCUT2D eigenvalue weighted by Crippen LogP contribution is 2.28. The van der Waals surface area contributed by atoms with Crippen LogP contribution in [0.25, 0.3) is 22.2 Å². The fourth-order valence-electron chi connectivity index (χ4n) is 3.37. The van der Waals surface area contributed by atoms with Crippen LogP contribution < -0.4 is 0 Å². The fraction of sp³-hybridized carbons (Fsp3) is 0.115. The molecule has 0 radical (unpaired) electrons. The molecule has 0 spiro atoms. The molecule has 4 aromatic rings. The topological polar surface area (TPSA) is 56.3 Å². The Balaban J connectivity index is 1.70. The van der Waals surface area contributed by atoms with Crippen molar-refractivity contribution in [3.05, 3.63) is 99.5 Å². The second kappa shape index (κ2) is 9.11. The minimum Gasteiger partial charge on any atom is -0.451 e. The lowest BCUT2D eigenvalue weighted by atomic mass is 10.0. The number of pyridine rings is 1. The molecule has 4 rings (SSSR count). The summed E-state index contributed by atoms with van der Waals surface area (Å²) in [6.07, 6.45) is -0.952. The molecule has 3 aromatic carbocycles. The molecule has 0 saturated heterocycles. The first kappa shape index (κ1) is 22.0. The van der Waals surface area contributed by atoms with Crippen molar-refractivity contribution in [1.82, 2.24) is 4.98 Å². The number of aromatic nitrogens is 1.